The van der Waals surface area contributed by atoms with Crippen molar-refractivity contribution in [1.29, 1.82) is 0 Å². The molecule has 1 aromatic carbocycles. The summed E-state index contributed by atoms with van der Waals surface area (Å²) in [7, 11) is 0. The Morgan fingerprint density at radius 2 is 2.08 bits per heavy atom. The summed E-state index contributed by atoms with van der Waals surface area (Å²) >= 11 is 0. The maximum atomic E-state index is 11.2. The smallest absolute Gasteiger partial charge is 0.319 e. The van der Waals surface area contributed by atoms with Gasteiger partial charge in [-0.15, -0.1) is 0 Å². The Labute approximate surface area is 77.1 Å². The van der Waals surface area contributed by atoms with Crippen molar-refractivity contribution in [2.45, 2.75) is 12.8 Å². The SMILES string of the molecule is O=C1NCCCc2ccccc2N1. The highest BCUT2D eigenvalue weighted by atomic mass is 16.2. The molecule has 2 N–H and O–H groups in total. The minimum Gasteiger partial charge on any atom is -0.338 e. The Morgan fingerprint density at radius 1 is 1.23 bits per heavy atom. The summed E-state index contributed by atoms with van der Waals surface area (Å²) in [6.45, 7) is 0.750. The molecule has 2 rings (SSSR count). The van der Waals surface area contributed by atoms with Crippen LogP contribution in [0, 0.1) is 0 Å². The molecule has 1 aliphatic heterocycles. The van der Waals surface area contributed by atoms with Gasteiger partial charge >= 0.3 is 6.03 Å². The van der Waals surface area contributed by atoms with Crippen molar-refractivity contribution >= 4 is 11.7 Å². The van der Waals surface area contributed by atoms with Gasteiger partial charge in [0.15, 0.2) is 0 Å². The van der Waals surface area contributed by atoms with Gasteiger partial charge < -0.3 is 10.6 Å². The van der Waals surface area contributed by atoms with Gasteiger partial charge in [0.25, 0.3) is 0 Å². The van der Waals surface area contributed by atoms with Crippen molar-refractivity contribution in [3.63, 3.8) is 0 Å². The monoisotopic (exact) mass is 176 g/mol. The first-order chi connectivity index (χ1) is 6.36. The molecule has 2 amide bonds. The summed E-state index contributed by atoms with van der Waals surface area (Å²) in [5.74, 6) is 0. The molecule has 0 radical (unpaired) electrons. The molecular weight excluding hydrogens is 164 g/mol. The lowest BCUT2D eigenvalue weighted by Gasteiger charge is -2.15. The van der Waals surface area contributed by atoms with Crippen molar-refractivity contribution in [3.8, 4) is 0 Å². The highest BCUT2D eigenvalue weighted by Crippen LogP contribution is 2.17. The van der Waals surface area contributed by atoms with Gasteiger partial charge in [0, 0.05) is 12.2 Å². The van der Waals surface area contributed by atoms with Crippen LogP contribution in [0.25, 0.3) is 0 Å². The van der Waals surface area contributed by atoms with E-state index in [2.05, 4.69) is 16.7 Å². The third-order valence-electron chi connectivity index (χ3n) is 2.17. The number of hydrogen-bond donors (Lipinski definition) is 2. The highest BCUT2D eigenvalue weighted by molar-refractivity contribution is 5.90. The first-order valence-corrected chi connectivity index (χ1v) is 4.49. The molecule has 0 aromatic heterocycles. The van der Waals surface area contributed by atoms with E-state index in [0.717, 1.165) is 25.1 Å². The van der Waals surface area contributed by atoms with Gasteiger partial charge in [0.1, 0.15) is 0 Å². The second-order valence-corrected chi connectivity index (χ2v) is 3.14. The lowest BCUT2D eigenvalue weighted by atomic mass is 10.1. The van der Waals surface area contributed by atoms with Crippen LogP contribution in [0.1, 0.15) is 12.0 Å². The van der Waals surface area contributed by atoms with Crippen LogP contribution in [0.3, 0.4) is 0 Å². The number of carbonyl (C=O) groups excluding carboxylic acids is 1. The average molecular weight is 176 g/mol. The number of para-hydroxylation sites is 1. The van der Waals surface area contributed by atoms with Crippen LogP contribution < -0.4 is 10.6 Å². The molecule has 68 valence electrons. The molecule has 0 aliphatic carbocycles. The Morgan fingerprint density at radius 3 is 3.00 bits per heavy atom. The zero-order chi connectivity index (χ0) is 9.10. The highest BCUT2D eigenvalue weighted by Gasteiger charge is 2.08. The number of urea groups is 1. The van der Waals surface area contributed by atoms with Crippen LogP contribution in [-0.4, -0.2) is 12.6 Å². The molecule has 0 unspecified atom stereocenters. The molecule has 3 nitrogen and oxygen atoms in total. The van der Waals surface area contributed by atoms with Gasteiger partial charge in [-0.25, -0.2) is 4.79 Å². The Hall–Kier alpha value is -1.51. The number of amides is 2. The fourth-order valence-corrected chi connectivity index (χ4v) is 1.51. The van der Waals surface area contributed by atoms with Gasteiger partial charge in [-0.2, -0.15) is 0 Å². The molecule has 0 atom stereocenters. The number of nitrogens with one attached hydrogen (secondary N) is 2. The third kappa shape index (κ3) is 1.80. The first-order valence-electron chi connectivity index (χ1n) is 4.49. The van der Waals surface area contributed by atoms with E-state index in [9.17, 15) is 4.79 Å². The number of benzene rings is 1. The summed E-state index contributed by atoms with van der Waals surface area (Å²) in [5, 5.41) is 5.59. The van der Waals surface area contributed by atoms with Crippen LogP contribution in [0.5, 0.6) is 0 Å². The minimum atomic E-state index is -0.104. The van der Waals surface area contributed by atoms with Crippen LogP contribution in [0.15, 0.2) is 24.3 Å². The van der Waals surface area contributed by atoms with E-state index in [4.69, 9.17) is 0 Å². The second-order valence-electron chi connectivity index (χ2n) is 3.14. The molecule has 0 fully saturated rings. The number of anilines is 1. The molecule has 1 aliphatic rings. The molecule has 0 spiro atoms. The van der Waals surface area contributed by atoms with Crippen LogP contribution in [-0.2, 0) is 6.42 Å². The second kappa shape index (κ2) is 3.47. The van der Waals surface area contributed by atoms with Gasteiger partial charge in [-0.1, -0.05) is 18.2 Å². The van der Waals surface area contributed by atoms with Crippen molar-refractivity contribution in [1.82, 2.24) is 5.32 Å². The van der Waals surface area contributed by atoms with E-state index in [1.165, 1.54) is 5.56 Å². The zero-order valence-corrected chi connectivity index (χ0v) is 7.34. The van der Waals surface area contributed by atoms with Crippen molar-refractivity contribution < 1.29 is 4.79 Å². The van der Waals surface area contributed by atoms with Crippen LogP contribution >= 0.6 is 0 Å². The van der Waals surface area contributed by atoms with E-state index in [-0.39, 0.29) is 6.03 Å². The first kappa shape index (κ1) is 8.10. The summed E-state index contributed by atoms with van der Waals surface area (Å²) in [4.78, 5) is 11.2. The number of fused-ring (bicyclic) bond motifs is 1. The largest absolute Gasteiger partial charge is 0.338 e. The molecule has 13 heavy (non-hydrogen) atoms. The quantitative estimate of drug-likeness (QED) is 0.621. The Balaban J connectivity index is 2.30. The van der Waals surface area contributed by atoms with E-state index in [0.29, 0.717) is 0 Å². The van der Waals surface area contributed by atoms with Crippen LogP contribution in [0.2, 0.25) is 0 Å². The molecule has 0 saturated carbocycles. The van der Waals surface area contributed by atoms with Crippen LogP contribution in [0.4, 0.5) is 10.5 Å². The number of hydrogen-bond acceptors (Lipinski definition) is 1. The summed E-state index contributed by atoms with van der Waals surface area (Å²) < 4.78 is 0. The third-order valence-corrected chi connectivity index (χ3v) is 2.17. The molecule has 0 saturated heterocycles. The lowest BCUT2D eigenvalue weighted by Crippen LogP contribution is -2.31. The number of aryl methyl sites for hydroxylation is 1. The van der Waals surface area contributed by atoms with E-state index in [1.807, 2.05) is 18.2 Å². The maximum absolute atomic E-state index is 11.2. The molecule has 1 aromatic rings. The summed E-state index contributed by atoms with van der Waals surface area (Å²) in [5.41, 5.74) is 2.15. The Kier molecular flexibility index (Phi) is 2.17. The van der Waals surface area contributed by atoms with E-state index in [1.54, 1.807) is 0 Å². The normalized spacial score (nSPS) is 16.2. The fourth-order valence-electron chi connectivity index (χ4n) is 1.51. The molecular formula is C10H12N2O. The molecule has 1 heterocycles. The van der Waals surface area contributed by atoms with E-state index >= 15 is 0 Å². The van der Waals surface area contributed by atoms with E-state index < -0.39 is 0 Å². The van der Waals surface area contributed by atoms with Crippen molar-refractivity contribution in [3.05, 3.63) is 29.8 Å². The van der Waals surface area contributed by atoms with Gasteiger partial charge in [-0.3, -0.25) is 0 Å². The number of rotatable bonds is 0. The maximum Gasteiger partial charge on any atom is 0.319 e. The predicted octanol–water partition coefficient (Wildman–Crippen LogP) is 1.75. The minimum absolute atomic E-state index is 0.104. The molecule has 3 heteroatoms. The Bertz CT molecular complexity index is 322. The van der Waals surface area contributed by atoms with Gasteiger partial charge in [-0.05, 0) is 24.5 Å². The fraction of sp³-hybridized carbons (Fsp3) is 0.300. The lowest BCUT2D eigenvalue weighted by molar-refractivity contribution is 0.251. The number of carbonyl (C=O) groups is 1. The summed E-state index contributed by atoms with van der Waals surface area (Å²) in [6.07, 6.45) is 2.02. The standard InChI is InChI=1S/C10H12N2O/c13-10-11-7-3-5-8-4-1-2-6-9(8)12-10/h1-2,4,6H,3,5,7H2,(H2,11,12,13). The van der Waals surface area contributed by atoms with Gasteiger partial charge in [0.05, 0.1) is 0 Å². The molecule has 0 bridgehead atoms. The summed E-state index contributed by atoms with van der Waals surface area (Å²) in [6, 6.07) is 7.81. The van der Waals surface area contributed by atoms with Crippen molar-refractivity contribution in [2.24, 2.45) is 0 Å². The predicted molar refractivity (Wildman–Crippen MR) is 51.8 cm³/mol. The zero-order valence-electron chi connectivity index (χ0n) is 7.34. The van der Waals surface area contributed by atoms with Crippen molar-refractivity contribution in [2.75, 3.05) is 11.9 Å². The van der Waals surface area contributed by atoms with Gasteiger partial charge in [0.2, 0.25) is 0 Å². The topological polar surface area (TPSA) is 41.1 Å². The average Bonchev–Trinajstić information content (AvgIpc) is 2.11.